The van der Waals surface area contributed by atoms with Crippen molar-refractivity contribution in [1.29, 1.82) is 0 Å². The molecule has 1 aromatic rings. The minimum atomic E-state index is -0.477. The Morgan fingerprint density at radius 2 is 2.04 bits per heavy atom. The number of piperidine rings is 1. The van der Waals surface area contributed by atoms with Crippen LogP contribution in [0.1, 0.15) is 32.6 Å². The number of anilines is 1. The van der Waals surface area contributed by atoms with Gasteiger partial charge in [-0.3, -0.25) is 4.79 Å². The summed E-state index contributed by atoms with van der Waals surface area (Å²) in [6.07, 6.45) is 3.66. The second-order valence-electron chi connectivity index (χ2n) is 7.58. The maximum atomic E-state index is 13.7. The van der Waals surface area contributed by atoms with Gasteiger partial charge in [-0.1, -0.05) is 12.1 Å². The molecule has 0 radical (unpaired) electrons. The van der Waals surface area contributed by atoms with Crippen LogP contribution in [0.4, 0.5) is 14.9 Å². The van der Waals surface area contributed by atoms with Crippen molar-refractivity contribution in [3.63, 3.8) is 0 Å². The maximum Gasteiger partial charge on any atom is 0.321 e. The lowest BCUT2D eigenvalue weighted by Crippen LogP contribution is -2.56. The molecule has 1 aliphatic carbocycles. The van der Waals surface area contributed by atoms with Crippen molar-refractivity contribution in [2.24, 2.45) is 17.6 Å². The Balaban J connectivity index is 1.59. The average Bonchev–Trinajstić information content (AvgIpc) is 3.49. The summed E-state index contributed by atoms with van der Waals surface area (Å²) < 4.78 is 13.7. The number of benzene rings is 1. The molecule has 4 N–H and O–H groups in total. The van der Waals surface area contributed by atoms with Gasteiger partial charge >= 0.3 is 6.03 Å². The third-order valence-corrected chi connectivity index (χ3v) is 5.51. The number of hydrogen-bond donors (Lipinski definition) is 3. The molecular weight excluding hydrogens is 335 g/mol. The Hall–Kier alpha value is -2.15. The number of nitrogens with two attached hydrogens (primary N) is 1. The number of hydrogen-bond acceptors (Lipinski definition) is 3. The number of rotatable bonds is 5. The van der Waals surface area contributed by atoms with Gasteiger partial charge in [-0.05, 0) is 50.7 Å². The minimum Gasteiger partial charge on any atom is -0.349 e. The highest BCUT2D eigenvalue weighted by atomic mass is 19.1. The van der Waals surface area contributed by atoms with Crippen LogP contribution in [-0.2, 0) is 4.79 Å². The Bertz CT molecular complexity index is 679. The number of nitrogens with zero attached hydrogens (tertiary/aromatic N) is 1. The Labute approximate surface area is 153 Å². The lowest BCUT2D eigenvalue weighted by molar-refractivity contribution is -0.128. The first kappa shape index (κ1) is 18.6. The molecule has 6 nitrogen and oxygen atoms in total. The standard InChI is InChI=1S/C19H27FN4O2/c1-19(12-21,14-8-9-14)23-17(25)13-5-4-10-24(11-13)18(26)22-16-7-3-2-6-15(16)20/h2-3,6-7,13-14H,4-5,8-12,21H2,1H3,(H,22,26)(H,23,25). The summed E-state index contributed by atoms with van der Waals surface area (Å²) in [7, 11) is 0. The number of likely N-dealkylation sites (tertiary alicyclic amines) is 1. The molecule has 2 aliphatic rings. The predicted molar refractivity (Wildman–Crippen MR) is 98.0 cm³/mol. The summed E-state index contributed by atoms with van der Waals surface area (Å²) in [5, 5.41) is 5.70. The van der Waals surface area contributed by atoms with Gasteiger partial charge in [0.05, 0.1) is 17.1 Å². The van der Waals surface area contributed by atoms with Crippen LogP contribution in [-0.4, -0.2) is 42.0 Å². The van der Waals surface area contributed by atoms with Crippen LogP contribution in [0.2, 0.25) is 0 Å². The molecule has 1 aliphatic heterocycles. The van der Waals surface area contributed by atoms with E-state index < -0.39 is 5.82 Å². The Morgan fingerprint density at radius 3 is 2.69 bits per heavy atom. The van der Waals surface area contributed by atoms with E-state index in [0.29, 0.717) is 25.6 Å². The van der Waals surface area contributed by atoms with Crippen LogP contribution >= 0.6 is 0 Å². The van der Waals surface area contributed by atoms with Gasteiger partial charge in [-0.15, -0.1) is 0 Å². The molecule has 0 aromatic heterocycles. The maximum absolute atomic E-state index is 13.7. The van der Waals surface area contributed by atoms with Crippen molar-refractivity contribution in [2.75, 3.05) is 25.0 Å². The van der Waals surface area contributed by atoms with Gasteiger partial charge in [0, 0.05) is 19.6 Å². The van der Waals surface area contributed by atoms with Gasteiger partial charge in [0.15, 0.2) is 0 Å². The van der Waals surface area contributed by atoms with Gasteiger partial charge in [0.1, 0.15) is 5.82 Å². The Morgan fingerprint density at radius 1 is 1.31 bits per heavy atom. The highest BCUT2D eigenvalue weighted by Crippen LogP contribution is 2.39. The van der Waals surface area contributed by atoms with Crippen LogP contribution in [0.5, 0.6) is 0 Å². The van der Waals surface area contributed by atoms with Gasteiger partial charge in [-0.2, -0.15) is 0 Å². The Kier molecular flexibility index (Phi) is 5.46. The molecule has 2 fully saturated rings. The highest BCUT2D eigenvalue weighted by Gasteiger charge is 2.42. The number of carbonyl (C=O) groups is 2. The van der Waals surface area contributed by atoms with Crippen molar-refractivity contribution in [1.82, 2.24) is 10.2 Å². The zero-order chi connectivity index (χ0) is 18.7. The fourth-order valence-corrected chi connectivity index (χ4v) is 3.56. The molecule has 26 heavy (non-hydrogen) atoms. The molecule has 3 amide bonds. The normalized spacial score (nSPS) is 22.4. The third kappa shape index (κ3) is 4.15. The van der Waals surface area contributed by atoms with Crippen LogP contribution in [0.3, 0.4) is 0 Å². The lowest BCUT2D eigenvalue weighted by Gasteiger charge is -2.35. The van der Waals surface area contributed by atoms with E-state index in [1.807, 2.05) is 6.92 Å². The molecule has 142 valence electrons. The van der Waals surface area contributed by atoms with E-state index in [4.69, 9.17) is 5.73 Å². The molecule has 1 saturated heterocycles. The van der Waals surface area contributed by atoms with Crippen molar-refractivity contribution < 1.29 is 14.0 Å². The van der Waals surface area contributed by atoms with E-state index in [1.165, 1.54) is 12.1 Å². The number of nitrogens with one attached hydrogen (secondary N) is 2. The predicted octanol–water partition coefficient (Wildman–Crippen LogP) is 2.31. The van der Waals surface area contributed by atoms with Gasteiger partial charge in [0.2, 0.25) is 5.91 Å². The quantitative estimate of drug-likeness (QED) is 0.751. The van der Waals surface area contributed by atoms with Crippen LogP contribution in [0, 0.1) is 17.7 Å². The first-order valence-electron chi connectivity index (χ1n) is 9.25. The summed E-state index contributed by atoms with van der Waals surface area (Å²) in [5.41, 5.74) is 5.66. The monoisotopic (exact) mass is 362 g/mol. The van der Waals surface area contributed by atoms with Crippen LogP contribution in [0.15, 0.2) is 24.3 Å². The number of halogens is 1. The van der Waals surface area contributed by atoms with Gasteiger partial charge < -0.3 is 21.3 Å². The molecule has 7 heteroatoms. The topological polar surface area (TPSA) is 87.5 Å². The second kappa shape index (κ2) is 7.61. The molecule has 3 rings (SSSR count). The number of amides is 3. The molecule has 0 spiro atoms. The molecule has 2 atom stereocenters. The van der Waals surface area contributed by atoms with Crippen LogP contribution < -0.4 is 16.4 Å². The van der Waals surface area contributed by atoms with Gasteiger partial charge in [-0.25, -0.2) is 9.18 Å². The first-order valence-corrected chi connectivity index (χ1v) is 9.25. The van der Waals surface area contributed by atoms with Crippen LogP contribution in [0.25, 0.3) is 0 Å². The lowest BCUT2D eigenvalue weighted by atomic mass is 9.92. The molecule has 1 heterocycles. The SMILES string of the molecule is CC(CN)(NC(=O)C1CCCN(C(=O)Nc2ccccc2F)C1)C1CC1. The largest absolute Gasteiger partial charge is 0.349 e. The molecule has 1 saturated carbocycles. The fraction of sp³-hybridized carbons (Fsp3) is 0.579. The highest BCUT2D eigenvalue weighted by molar-refractivity contribution is 5.90. The third-order valence-electron chi connectivity index (χ3n) is 5.51. The van der Waals surface area contributed by atoms with Crippen molar-refractivity contribution >= 4 is 17.6 Å². The second-order valence-corrected chi connectivity index (χ2v) is 7.58. The summed E-state index contributed by atoms with van der Waals surface area (Å²) in [4.78, 5) is 26.7. The van der Waals surface area contributed by atoms with Crippen molar-refractivity contribution in [3.05, 3.63) is 30.1 Å². The van der Waals surface area contributed by atoms with Crippen molar-refractivity contribution in [3.8, 4) is 0 Å². The smallest absolute Gasteiger partial charge is 0.321 e. The van der Waals surface area contributed by atoms with E-state index in [9.17, 15) is 14.0 Å². The summed E-state index contributed by atoms with van der Waals surface area (Å²) in [6.45, 7) is 3.29. The fourth-order valence-electron chi connectivity index (χ4n) is 3.56. The van der Waals surface area contributed by atoms with E-state index in [2.05, 4.69) is 10.6 Å². The van der Waals surface area contributed by atoms with E-state index in [0.717, 1.165) is 25.7 Å². The summed E-state index contributed by atoms with van der Waals surface area (Å²) in [6, 6.07) is 5.67. The molecule has 1 aromatic carbocycles. The first-order chi connectivity index (χ1) is 12.4. The van der Waals surface area contributed by atoms with Gasteiger partial charge in [0.25, 0.3) is 0 Å². The molecule has 2 unspecified atom stereocenters. The zero-order valence-electron chi connectivity index (χ0n) is 15.1. The number of para-hydroxylation sites is 1. The average molecular weight is 362 g/mol. The molecule has 0 bridgehead atoms. The van der Waals surface area contributed by atoms with E-state index in [-0.39, 0.29) is 29.1 Å². The zero-order valence-corrected chi connectivity index (χ0v) is 15.1. The summed E-state index contributed by atoms with van der Waals surface area (Å²) >= 11 is 0. The number of carbonyl (C=O) groups excluding carboxylic acids is 2. The number of urea groups is 1. The minimum absolute atomic E-state index is 0.0479. The van der Waals surface area contributed by atoms with E-state index in [1.54, 1.807) is 17.0 Å². The van der Waals surface area contributed by atoms with E-state index >= 15 is 0 Å². The molecular formula is C19H27FN4O2. The van der Waals surface area contributed by atoms with Crippen molar-refractivity contribution in [2.45, 2.75) is 38.1 Å². The summed E-state index contributed by atoms with van der Waals surface area (Å²) in [5.74, 6) is -0.344.